The van der Waals surface area contributed by atoms with Crippen LogP contribution >= 0.6 is 0 Å². The number of aromatic nitrogens is 3. The summed E-state index contributed by atoms with van der Waals surface area (Å²) in [6.45, 7) is 0. The number of fused-ring (bicyclic) bond motifs is 1. The first-order valence-electron chi connectivity index (χ1n) is 9.18. The Hall–Kier alpha value is -3.49. The molecule has 0 aliphatic heterocycles. The number of nitrogens with two attached hydrogens (primary N) is 1. The number of carbonyl (C=O) groups is 1. The van der Waals surface area contributed by atoms with E-state index in [1.807, 2.05) is 0 Å². The molecule has 0 radical (unpaired) electrons. The number of carbonyl (C=O) groups excluding carboxylic acids is 1. The first-order chi connectivity index (χ1) is 14.0. The van der Waals surface area contributed by atoms with Crippen molar-refractivity contribution in [2.24, 2.45) is 0 Å². The van der Waals surface area contributed by atoms with Crippen LogP contribution in [0.4, 0.5) is 10.1 Å². The van der Waals surface area contributed by atoms with E-state index in [1.165, 1.54) is 26.4 Å². The monoisotopic (exact) mass is 397 g/mol. The fourth-order valence-corrected chi connectivity index (χ4v) is 3.28. The number of halogens is 1. The lowest BCUT2D eigenvalue weighted by Crippen LogP contribution is -2.40. The van der Waals surface area contributed by atoms with Crippen LogP contribution < -0.4 is 20.5 Å². The van der Waals surface area contributed by atoms with E-state index in [9.17, 15) is 9.18 Å². The second kappa shape index (κ2) is 7.50. The van der Waals surface area contributed by atoms with Crippen LogP contribution in [0, 0.1) is 5.82 Å². The molecule has 8 nitrogen and oxygen atoms in total. The third-order valence-electron chi connectivity index (χ3n) is 5.08. The number of nitrogen functional groups attached to an aromatic ring is 1. The van der Waals surface area contributed by atoms with Crippen molar-refractivity contribution >= 4 is 22.5 Å². The molecule has 2 heterocycles. The van der Waals surface area contributed by atoms with E-state index in [0.717, 1.165) is 19.3 Å². The molecule has 150 valence electrons. The minimum atomic E-state index is -0.539. The van der Waals surface area contributed by atoms with Crippen LogP contribution in [0.25, 0.3) is 22.0 Å². The maximum absolute atomic E-state index is 14.8. The van der Waals surface area contributed by atoms with Gasteiger partial charge in [-0.3, -0.25) is 4.79 Å². The number of nitrogens with one attached hydrogen (secondary N) is 1. The Morgan fingerprint density at radius 3 is 2.62 bits per heavy atom. The number of methoxy groups -OCH3 is 2. The summed E-state index contributed by atoms with van der Waals surface area (Å²) in [6.07, 6.45) is 2.96. The Labute approximate surface area is 166 Å². The number of nitrogens with zero attached hydrogens (tertiary/aromatic N) is 3. The lowest BCUT2D eigenvalue weighted by Gasteiger charge is -2.26. The molecule has 0 unspecified atom stereocenters. The van der Waals surface area contributed by atoms with Crippen molar-refractivity contribution in [2.45, 2.75) is 25.3 Å². The molecule has 0 spiro atoms. The maximum atomic E-state index is 14.8. The first kappa shape index (κ1) is 18.9. The summed E-state index contributed by atoms with van der Waals surface area (Å²) in [4.78, 5) is 16.7. The van der Waals surface area contributed by atoms with Gasteiger partial charge in [-0.2, -0.15) is 4.98 Å². The Balaban J connectivity index is 1.84. The summed E-state index contributed by atoms with van der Waals surface area (Å²) >= 11 is 0. The molecule has 0 atom stereocenters. The molecule has 4 rings (SSSR count). The van der Waals surface area contributed by atoms with Gasteiger partial charge in [0.05, 0.1) is 25.5 Å². The summed E-state index contributed by atoms with van der Waals surface area (Å²) in [7, 11) is 2.90. The van der Waals surface area contributed by atoms with Gasteiger partial charge in [0, 0.05) is 23.1 Å². The highest BCUT2D eigenvalue weighted by molar-refractivity contribution is 6.08. The Morgan fingerprint density at radius 2 is 1.97 bits per heavy atom. The predicted octanol–water partition coefficient (Wildman–Crippen LogP) is 2.71. The molecular weight excluding hydrogens is 377 g/mol. The van der Waals surface area contributed by atoms with E-state index in [-0.39, 0.29) is 40.3 Å². The minimum absolute atomic E-state index is 0.0294. The minimum Gasteiger partial charge on any atom is -0.481 e. The van der Waals surface area contributed by atoms with Gasteiger partial charge in [-0.15, -0.1) is 10.2 Å². The molecule has 0 bridgehead atoms. The SMILES string of the molecule is COc1ccc(-c2c(F)ccc3c(N)c(C(=O)NC4CCC4)nnc23)c(OC)n1. The molecule has 29 heavy (non-hydrogen) atoms. The molecule has 1 fully saturated rings. The number of benzene rings is 1. The van der Waals surface area contributed by atoms with Gasteiger partial charge in [-0.25, -0.2) is 4.39 Å². The third-order valence-corrected chi connectivity index (χ3v) is 5.08. The lowest BCUT2D eigenvalue weighted by atomic mass is 9.93. The van der Waals surface area contributed by atoms with E-state index in [0.29, 0.717) is 16.8 Å². The molecule has 3 N–H and O–H groups in total. The molecule has 3 aromatic rings. The van der Waals surface area contributed by atoms with E-state index in [2.05, 4.69) is 20.5 Å². The first-order valence-corrected chi connectivity index (χ1v) is 9.18. The van der Waals surface area contributed by atoms with Gasteiger partial charge in [0.2, 0.25) is 11.8 Å². The predicted molar refractivity (Wildman–Crippen MR) is 105 cm³/mol. The van der Waals surface area contributed by atoms with Crippen molar-refractivity contribution in [1.82, 2.24) is 20.5 Å². The van der Waals surface area contributed by atoms with Gasteiger partial charge in [-0.1, -0.05) is 0 Å². The average molecular weight is 397 g/mol. The molecule has 2 aromatic heterocycles. The number of hydrogen-bond donors (Lipinski definition) is 2. The zero-order chi connectivity index (χ0) is 20.5. The summed E-state index contributed by atoms with van der Waals surface area (Å²) in [5, 5.41) is 11.4. The normalized spacial score (nSPS) is 13.8. The number of ether oxygens (including phenoxy) is 2. The van der Waals surface area contributed by atoms with E-state index >= 15 is 0 Å². The van der Waals surface area contributed by atoms with Crippen LogP contribution in [0.2, 0.25) is 0 Å². The fourth-order valence-electron chi connectivity index (χ4n) is 3.28. The van der Waals surface area contributed by atoms with Crippen LogP contribution in [0.15, 0.2) is 24.3 Å². The molecule has 1 amide bonds. The van der Waals surface area contributed by atoms with Crippen LogP contribution in [-0.4, -0.2) is 41.3 Å². The number of anilines is 1. The van der Waals surface area contributed by atoms with Gasteiger partial charge >= 0.3 is 0 Å². The fraction of sp³-hybridized carbons (Fsp3) is 0.300. The van der Waals surface area contributed by atoms with Crippen LogP contribution in [-0.2, 0) is 0 Å². The lowest BCUT2D eigenvalue weighted by molar-refractivity contribution is 0.0912. The van der Waals surface area contributed by atoms with Crippen LogP contribution in [0.1, 0.15) is 29.8 Å². The van der Waals surface area contributed by atoms with Crippen molar-refractivity contribution in [1.29, 1.82) is 0 Å². The number of hydrogen-bond acceptors (Lipinski definition) is 7. The highest BCUT2D eigenvalue weighted by atomic mass is 19.1. The maximum Gasteiger partial charge on any atom is 0.274 e. The van der Waals surface area contributed by atoms with Crippen LogP contribution in [0.3, 0.4) is 0 Å². The zero-order valence-electron chi connectivity index (χ0n) is 16.0. The van der Waals surface area contributed by atoms with Crippen LogP contribution in [0.5, 0.6) is 11.8 Å². The van der Waals surface area contributed by atoms with E-state index in [1.54, 1.807) is 12.1 Å². The van der Waals surface area contributed by atoms with Gasteiger partial charge < -0.3 is 20.5 Å². The largest absolute Gasteiger partial charge is 0.481 e. The molecule has 9 heteroatoms. The van der Waals surface area contributed by atoms with Gasteiger partial charge in [-0.05, 0) is 37.5 Å². The van der Waals surface area contributed by atoms with Gasteiger partial charge in [0.1, 0.15) is 11.3 Å². The van der Waals surface area contributed by atoms with Gasteiger partial charge in [0.15, 0.2) is 5.69 Å². The zero-order valence-corrected chi connectivity index (χ0v) is 16.0. The molecule has 0 saturated heterocycles. The Morgan fingerprint density at radius 1 is 1.17 bits per heavy atom. The average Bonchev–Trinajstić information content (AvgIpc) is 2.70. The smallest absolute Gasteiger partial charge is 0.274 e. The molecular formula is C20H20FN5O3. The number of amides is 1. The van der Waals surface area contributed by atoms with Crippen molar-refractivity contribution in [2.75, 3.05) is 20.0 Å². The van der Waals surface area contributed by atoms with Crippen molar-refractivity contribution in [3.63, 3.8) is 0 Å². The molecule has 1 saturated carbocycles. The summed E-state index contributed by atoms with van der Waals surface area (Å²) in [5.74, 6) is -0.422. The second-order valence-corrected chi connectivity index (χ2v) is 6.79. The Kier molecular flexibility index (Phi) is 4.87. The summed E-state index contributed by atoms with van der Waals surface area (Å²) < 4.78 is 25.2. The van der Waals surface area contributed by atoms with Crippen molar-refractivity contribution in [3.05, 3.63) is 35.8 Å². The summed E-state index contributed by atoms with van der Waals surface area (Å²) in [5.41, 5.74) is 7.12. The van der Waals surface area contributed by atoms with Gasteiger partial charge in [0.25, 0.3) is 5.91 Å². The molecule has 1 aliphatic rings. The third kappa shape index (κ3) is 3.28. The second-order valence-electron chi connectivity index (χ2n) is 6.79. The summed E-state index contributed by atoms with van der Waals surface area (Å²) in [6, 6.07) is 6.11. The highest BCUT2D eigenvalue weighted by Crippen LogP contribution is 2.37. The van der Waals surface area contributed by atoms with E-state index in [4.69, 9.17) is 15.2 Å². The highest BCUT2D eigenvalue weighted by Gasteiger charge is 2.25. The molecule has 1 aromatic carbocycles. The van der Waals surface area contributed by atoms with Crippen molar-refractivity contribution in [3.8, 4) is 22.9 Å². The number of rotatable bonds is 5. The Bertz CT molecular complexity index is 1100. The topological polar surface area (TPSA) is 112 Å². The van der Waals surface area contributed by atoms with E-state index < -0.39 is 5.82 Å². The standard InChI is InChI=1S/C20H20FN5O3/c1-28-14-9-7-11(20(24-14)29-2)15-13(21)8-6-12-16(22)18(26-25-17(12)15)19(27)23-10-4-3-5-10/h6-10H,3-5H2,1-2H3,(H2,22,25)(H,23,27). The molecule has 1 aliphatic carbocycles. The van der Waals surface area contributed by atoms with Crippen molar-refractivity contribution < 1.29 is 18.7 Å². The number of pyridine rings is 1. The quantitative estimate of drug-likeness (QED) is 0.681.